The van der Waals surface area contributed by atoms with Gasteiger partial charge in [-0.05, 0) is 38.0 Å². The van der Waals surface area contributed by atoms with Crippen LogP contribution >= 0.6 is 11.6 Å². The van der Waals surface area contributed by atoms with Gasteiger partial charge in [-0.3, -0.25) is 14.3 Å². The maximum atomic E-state index is 12.0. The molecule has 25 heavy (non-hydrogen) atoms. The van der Waals surface area contributed by atoms with E-state index in [1.54, 1.807) is 29.9 Å². The van der Waals surface area contributed by atoms with Gasteiger partial charge in [-0.2, -0.15) is 5.10 Å². The van der Waals surface area contributed by atoms with Crippen LogP contribution in [0.15, 0.2) is 24.4 Å². The second-order valence-electron chi connectivity index (χ2n) is 5.93. The van der Waals surface area contributed by atoms with Crippen LogP contribution in [-0.4, -0.2) is 26.6 Å². The molecule has 0 saturated heterocycles. The maximum absolute atomic E-state index is 12.0. The summed E-state index contributed by atoms with van der Waals surface area (Å²) in [7, 11) is 1.74. The van der Waals surface area contributed by atoms with Gasteiger partial charge in [0, 0.05) is 24.6 Å². The fourth-order valence-electron chi connectivity index (χ4n) is 2.29. The summed E-state index contributed by atoms with van der Waals surface area (Å²) in [5.74, 6) is 0.282. The van der Waals surface area contributed by atoms with E-state index in [9.17, 15) is 9.59 Å². The van der Waals surface area contributed by atoms with Gasteiger partial charge in [0.05, 0.1) is 17.6 Å². The number of anilines is 2. The maximum Gasteiger partial charge on any atom is 0.248 e. The first-order valence-corrected chi connectivity index (χ1v) is 8.27. The molecular formula is C17H18ClN5O2. The quantitative estimate of drug-likeness (QED) is 0.803. The molecule has 0 aliphatic heterocycles. The number of halogens is 1. The Kier molecular flexibility index (Phi) is 4.85. The Hall–Kier alpha value is -2.67. The van der Waals surface area contributed by atoms with Crippen molar-refractivity contribution >= 4 is 41.0 Å². The summed E-state index contributed by atoms with van der Waals surface area (Å²) in [5.41, 5.74) is 1.98. The molecule has 7 nitrogen and oxygen atoms in total. The van der Waals surface area contributed by atoms with Gasteiger partial charge in [0.25, 0.3) is 0 Å². The van der Waals surface area contributed by atoms with E-state index in [-0.39, 0.29) is 17.7 Å². The molecule has 1 saturated carbocycles. The minimum absolute atomic E-state index is 0.00376. The molecule has 0 atom stereocenters. The van der Waals surface area contributed by atoms with Crippen molar-refractivity contribution in [2.24, 2.45) is 13.0 Å². The number of amides is 2. The Morgan fingerprint density at radius 2 is 2.08 bits per heavy atom. The summed E-state index contributed by atoms with van der Waals surface area (Å²) in [6.45, 7) is 1.82. The fourth-order valence-corrected chi connectivity index (χ4v) is 2.53. The number of hydrogen-bond donors (Lipinski definition) is 2. The van der Waals surface area contributed by atoms with Gasteiger partial charge < -0.3 is 10.6 Å². The second kappa shape index (κ2) is 7.06. The Labute approximate surface area is 150 Å². The van der Waals surface area contributed by atoms with E-state index >= 15 is 0 Å². The first-order chi connectivity index (χ1) is 11.9. The van der Waals surface area contributed by atoms with Crippen molar-refractivity contribution in [2.45, 2.75) is 19.8 Å². The van der Waals surface area contributed by atoms with Crippen LogP contribution in [0.2, 0.25) is 5.15 Å². The topological polar surface area (TPSA) is 88.9 Å². The lowest BCUT2D eigenvalue weighted by Gasteiger charge is -2.05. The van der Waals surface area contributed by atoms with Crippen LogP contribution in [0.4, 0.5) is 11.5 Å². The van der Waals surface area contributed by atoms with Crippen LogP contribution in [0, 0.1) is 12.8 Å². The number of nitrogens with one attached hydrogen (secondary N) is 2. The van der Waals surface area contributed by atoms with Crippen molar-refractivity contribution < 1.29 is 9.59 Å². The minimum atomic E-state index is -0.309. The molecule has 1 aliphatic rings. The number of carbonyl (C=O) groups excluding carboxylic acids is 2. The molecule has 2 aromatic rings. The van der Waals surface area contributed by atoms with Gasteiger partial charge in [0.1, 0.15) is 11.0 Å². The number of nitrogens with zero attached hydrogens (tertiary/aromatic N) is 3. The summed E-state index contributed by atoms with van der Waals surface area (Å²) in [5, 5.41) is 10.1. The standard InChI is InChI=1S/C17H18ClN5O2/c1-10-13(16(18)23(2)22-10)6-8-15(24)20-12-5-7-14(19-9-12)21-17(25)11-3-4-11/h5-9,11H,3-4H2,1-2H3,(H,20,24)(H,19,21,25). The largest absolute Gasteiger partial charge is 0.321 e. The van der Waals surface area contributed by atoms with E-state index in [0.29, 0.717) is 22.2 Å². The van der Waals surface area contributed by atoms with Gasteiger partial charge in [-0.25, -0.2) is 4.98 Å². The van der Waals surface area contributed by atoms with Gasteiger partial charge >= 0.3 is 0 Å². The smallest absolute Gasteiger partial charge is 0.248 e. The van der Waals surface area contributed by atoms with E-state index in [4.69, 9.17) is 11.6 Å². The molecule has 3 rings (SSSR count). The van der Waals surface area contributed by atoms with Crippen molar-refractivity contribution in [3.63, 3.8) is 0 Å². The number of rotatable bonds is 5. The molecule has 0 radical (unpaired) electrons. The van der Waals surface area contributed by atoms with Crippen molar-refractivity contribution in [1.29, 1.82) is 0 Å². The minimum Gasteiger partial charge on any atom is -0.321 e. The molecule has 0 spiro atoms. The lowest BCUT2D eigenvalue weighted by molar-refractivity contribution is -0.117. The lowest BCUT2D eigenvalue weighted by atomic mass is 10.2. The Morgan fingerprint density at radius 1 is 1.32 bits per heavy atom. The van der Waals surface area contributed by atoms with Crippen LogP contribution < -0.4 is 10.6 Å². The summed E-state index contributed by atoms with van der Waals surface area (Å²) in [4.78, 5) is 27.8. The van der Waals surface area contributed by atoms with E-state index in [2.05, 4.69) is 20.7 Å². The fraction of sp³-hybridized carbons (Fsp3) is 0.294. The molecule has 2 heterocycles. The highest BCUT2D eigenvalue weighted by Crippen LogP contribution is 2.30. The molecule has 1 aliphatic carbocycles. The predicted octanol–water partition coefficient (Wildman–Crippen LogP) is 2.78. The SMILES string of the molecule is Cc1nn(C)c(Cl)c1C=CC(=O)Nc1ccc(NC(=O)C2CC2)nc1. The number of pyridine rings is 1. The number of aryl methyl sites for hydroxylation is 2. The lowest BCUT2D eigenvalue weighted by Crippen LogP contribution is -2.14. The van der Waals surface area contributed by atoms with E-state index in [1.165, 1.54) is 12.3 Å². The molecule has 2 amide bonds. The van der Waals surface area contributed by atoms with Crippen molar-refractivity contribution in [2.75, 3.05) is 10.6 Å². The molecule has 0 aromatic carbocycles. The molecule has 2 N–H and O–H groups in total. The highest BCUT2D eigenvalue weighted by molar-refractivity contribution is 6.31. The zero-order valence-corrected chi connectivity index (χ0v) is 14.7. The molecule has 1 fully saturated rings. The van der Waals surface area contributed by atoms with Gasteiger partial charge in [0.2, 0.25) is 11.8 Å². The molecular weight excluding hydrogens is 342 g/mol. The van der Waals surface area contributed by atoms with Gasteiger partial charge in [-0.1, -0.05) is 11.6 Å². The first-order valence-electron chi connectivity index (χ1n) is 7.89. The van der Waals surface area contributed by atoms with E-state index in [1.807, 2.05) is 6.92 Å². The Bertz CT molecular complexity index is 837. The van der Waals surface area contributed by atoms with Gasteiger partial charge in [0.15, 0.2) is 0 Å². The molecule has 2 aromatic heterocycles. The zero-order valence-electron chi connectivity index (χ0n) is 13.9. The van der Waals surface area contributed by atoms with E-state index < -0.39 is 0 Å². The number of carbonyl (C=O) groups is 2. The zero-order chi connectivity index (χ0) is 18.0. The second-order valence-corrected chi connectivity index (χ2v) is 6.29. The summed E-state index contributed by atoms with van der Waals surface area (Å²) >= 11 is 6.12. The monoisotopic (exact) mass is 359 g/mol. The average molecular weight is 360 g/mol. The Balaban J connectivity index is 1.58. The highest BCUT2D eigenvalue weighted by Gasteiger charge is 2.29. The normalized spacial score (nSPS) is 13.9. The van der Waals surface area contributed by atoms with Crippen LogP contribution in [0.1, 0.15) is 24.1 Å². The van der Waals surface area contributed by atoms with Crippen LogP contribution in [0.3, 0.4) is 0 Å². The van der Waals surface area contributed by atoms with Crippen LogP contribution in [0.25, 0.3) is 6.08 Å². The molecule has 0 unspecified atom stereocenters. The van der Waals surface area contributed by atoms with Gasteiger partial charge in [-0.15, -0.1) is 0 Å². The number of aromatic nitrogens is 3. The summed E-state index contributed by atoms with van der Waals surface area (Å²) in [6, 6.07) is 3.34. The van der Waals surface area contributed by atoms with Crippen molar-refractivity contribution in [3.8, 4) is 0 Å². The molecule has 130 valence electrons. The van der Waals surface area contributed by atoms with Crippen molar-refractivity contribution in [3.05, 3.63) is 40.8 Å². The average Bonchev–Trinajstić information content (AvgIpc) is 3.38. The van der Waals surface area contributed by atoms with E-state index in [0.717, 1.165) is 18.5 Å². The first kappa shape index (κ1) is 17.2. The Morgan fingerprint density at radius 3 is 2.64 bits per heavy atom. The number of hydrogen-bond acceptors (Lipinski definition) is 4. The summed E-state index contributed by atoms with van der Waals surface area (Å²) in [6.07, 6.45) is 6.38. The third kappa shape index (κ3) is 4.24. The molecule has 8 heteroatoms. The predicted molar refractivity (Wildman–Crippen MR) is 96.2 cm³/mol. The summed E-state index contributed by atoms with van der Waals surface area (Å²) < 4.78 is 1.55. The van der Waals surface area contributed by atoms with Crippen LogP contribution in [0.5, 0.6) is 0 Å². The highest BCUT2D eigenvalue weighted by atomic mass is 35.5. The van der Waals surface area contributed by atoms with Crippen LogP contribution in [-0.2, 0) is 16.6 Å². The van der Waals surface area contributed by atoms with Crippen molar-refractivity contribution in [1.82, 2.24) is 14.8 Å². The molecule has 0 bridgehead atoms. The third-order valence-corrected chi connectivity index (χ3v) is 4.28. The third-order valence-electron chi connectivity index (χ3n) is 3.83.